The van der Waals surface area contributed by atoms with Gasteiger partial charge in [0.1, 0.15) is 10.8 Å². The molecule has 1 N–H and O–H groups in total. The first kappa shape index (κ1) is 14.9. The van der Waals surface area contributed by atoms with Crippen LogP contribution in [-0.4, -0.2) is 23.3 Å². The van der Waals surface area contributed by atoms with Gasteiger partial charge in [0.15, 0.2) is 5.01 Å². The van der Waals surface area contributed by atoms with Crippen molar-refractivity contribution in [1.82, 2.24) is 15.5 Å². The molecule has 0 spiro atoms. The van der Waals surface area contributed by atoms with Crippen LogP contribution in [0.25, 0.3) is 10.6 Å². The van der Waals surface area contributed by atoms with Gasteiger partial charge in [0, 0.05) is 0 Å². The topological polar surface area (TPSA) is 47.0 Å². The molecule has 1 heterocycles. The summed E-state index contributed by atoms with van der Waals surface area (Å²) < 4.78 is 5.66. The van der Waals surface area contributed by atoms with Crippen LogP contribution >= 0.6 is 11.3 Å². The van der Waals surface area contributed by atoms with Gasteiger partial charge in [-0.15, -0.1) is 10.2 Å². The van der Waals surface area contributed by atoms with E-state index in [0.717, 1.165) is 34.3 Å². The highest BCUT2D eigenvalue weighted by Gasteiger charge is 2.16. The quantitative estimate of drug-likeness (QED) is 0.845. The summed E-state index contributed by atoms with van der Waals surface area (Å²) in [6.07, 6.45) is 1.01. The molecule has 0 aliphatic carbocycles. The van der Waals surface area contributed by atoms with E-state index in [4.69, 9.17) is 4.74 Å². The number of nitrogens with one attached hydrogen (secondary N) is 1. The van der Waals surface area contributed by atoms with Crippen molar-refractivity contribution in [1.29, 1.82) is 0 Å². The second kappa shape index (κ2) is 7.36. The highest BCUT2D eigenvalue weighted by atomic mass is 32.1. The summed E-state index contributed by atoms with van der Waals surface area (Å²) in [4.78, 5) is 0. The van der Waals surface area contributed by atoms with Gasteiger partial charge in [0.25, 0.3) is 0 Å². The van der Waals surface area contributed by atoms with Crippen molar-refractivity contribution in [2.24, 2.45) is 0 Å². The van der Waals surface area contributed by atoms with E-state index < -0.39 is 0 Å². The average molecular weight is 291 g/mol. The summed E-state index contributed by atoms with van der Waals surface area (Å²) in [5.41, 5.74) is 1.02. The highest BCUT2D eigenvalue weighted by molar-refractivity contribution is 7.14. The molecule has 4 nitrogen and oxygen atoms in total. The second-order valence-electron chi connectivity index (χ2n) is 4.39. The standard InChI is InChI=1S/C15H21N3OS/c1-4-12(16-5-2)15-18-17-14(20-15)11-9-7-8-10-13(11)19-6-3/h7-10,12,16H,4-6H2,1-3H3. The van der Waals surface area contributed by atoms with Crippen molar-refractivity contribution >= 4 is 11.3 Å². The molecule has 5 heteroatoms. The van der Waals surface area contributed by atoms with Crippen molar-refractivity contribution in [2.75, 3.05) is 13.2 Å². The SMILES string of the molecule is CCNC(CC)c1nnc(-c2ccccc2OCC)s1. The van der Waals surface area contributed by atoms with Gasteiger partial charge in [-0.2, -0.15) is 0 Å². The molecule has 0 saturated carbocycles. The van der Waals surface area contributed by atoms with E-state index in [9.17, 15) is 0 Å². The van der Waals surface area contributed by atoms with Crippen molar-refractivity contribution in [3.8, 4) is 16.3 Å². The molecule has 1 atom stereocenters. The zero-order valence-corrected chi connectivity index (χ0v) is 13.0. The van der Waals surface area contributed by atoms with E-state index in [-0.39, 0.29) is 6.04 Å². The molecule has 1 aromatic heterocycles. The Kier molecular flexibility index (Phi) is 5.49. The molecule has 1 unspecified atom stereocenters. The molecule has 0 amide bonds. The van der Waals surface area contributed by atoms with Gasteiger partial charge < -0.3 is 10.1 Å². The summed E-state index contributed by atoms with van der Waals surface area (Å²) in [6.45, 7) is 7.83. The first-order valence-corrected chi connectivity index (χ1v) is 7.90. The molecule has 108 valence electrons. The Morgan fingerprint density at radius 1 is 1.20 bits per heavy atom. The van der Waals surface area contributed by atoms with Crippen molar-refractivity contribution in [2.45, 2.75) is 33.2 Å². The smallest absolute Gasteiger partial charge is 0.151 e. The molecule has 0 bridgehead atoms. The first-order valence-electron chi connectivity index (χ1n) is 7.09. The maximum absolute atomic E-state index is 5.66. The number of hydrogen-bond acceptors (Lipinski definition) is 5. The minimum atomic E-state index is 0.283. The molecule has 0 saturated heterocycles. The van der Waals surface area contributed by atoms with Crippen molar-refractivity contribution in [3.05, 3.63) is 29.3 Å². The number of rotatable bonds is 7. The van der Waals surface area contributed by atoms with Gasteiger partial charge in [0.05, 0.1) is 18.2 Å². The molecule has 20 heavy (non-hydrogen) atoms. The van der Waals surface area contributed by atoms with Gasteiger partial charge in [-0.1, -0.05) is 37.3 Å². The van der Waals surface area contributed by atoms with Crippen LogP contribution in [0.15, 0.2) is 24.3 Å². The average Bonchev–Trinajstić information content (AvgIpc) is 2.95. The second-order valence-corrected chi connectivity index (χ2v) is 5.40. The Bertz CT molecular complexity index is 541. The van der Waals surface area contributed by atoms with Crippen LogP contribution < -0.4 is 10.1 Å². The summed E-state index contributed by atoms with van der Waals surface area (Å²) in [6, 6.07) is 8.26. The monoisotopic (exact) mass is 291 g/mol. The van der Waals surface area contributed by atoms with Gasteiger partial charge >= 0.3 is 0 Å². The van der Waals surface area contributed by atoms with Crippen LogP contribution in [0, 0.1) is 0 Å². The molecule has 2 rings (SSSR count). The normalized spacial score (nSPS) is 12.3. The fraction of sp³-hybridized carbons (Fsp3) is 0.467. The number of hydrogen-bond donors (Lipinski definition) is 1. The molecule has 0 aliphatic rings. The Hall–Kier alpha value is -1.46. The van der Waals surface area contributed by atoms with Gasteiger partial charge in [-0.25, -0.2) is 0 Å². The highest BCUT2D eigenvalue weighted by Crippen LogP contribution is 2.33. The van der Waals surface area contributed by atoms with Crippen molar-refractivity contribution in [3.63, 3.8) is 0 Å². The van der Waals surface area contributed by atoms with Crippen LogP contribution in [-0.2, 0) is 0 Å². The fourth-order valence-electron chi connectivity index (χ4n) is 2.06. The van der Waals surface area contributed by atoms with E-state index in [2.05, 4.69) is 29.4 Å². The van der Waals surface area contributed by atoms with E-state index in [1.54, 1.807) is 11.3 Å². The van der Waals surface area contributed by atoms with E-state index in [1.165, 1.54) is 0 Å². The predicted octanol–water partition coefficient (Wildman–Crippen LogP) is 3.66. The van der Waals surface area contributed by atoms with Crippen molar-refractivity contribution < 1.29 is 4.74 Å². The maximum atomic E-state index is 5.66. The lowest BCUT2D eigenvalue weighted by Gasteiger charge is -2.11. The van der Waals surface area contributed by atoms with E-state index >= 15 is 0 Å². The number of benzene rings is 1. The van der Waals surface area contributed by atoms with Crippen LogP contribution in [0.2, 0.25) is 0 Å². The van der Waals surface area contributed by atoms with E-state index in [0.29, 0.717) is 6.61 Å². The van der Waals surface area contributed by atoms with Gasteiger partial charge in [0.2, 0.25) is 0 Å². The fourth-order valence-corrected chi connectivity index (χ4v) is 3.09. The summed E-state index contributed by atoms with van der Waals surface area (Å²) in [5.74, 6) is 0.870. The van der Waals surface area contributed by atoms with Crippen LogP contribution in [0.5, 0.6) is 5.75 Å². The molecule has 1 aromatic carbocycles. The third-order valence-electron chi connectivity index (χ3n) is 3.01. The number of ether oxygens (including phenoxy) is 1. The molecule has 0 radical (unpaired) electrons. The van der Waals surface area contributed by atoms with Gasteiger partial charge in [-0.05, 0) is 32.0 Å². The summed E-state index contributed by atoms with van der Waals surface area (Å²) >= 11 is 1.63. The minimum Gasteiger partial charge on any atom is -0.493 e. The molecular weight excluding hydrogens is 270 g/mol. The lowest BCUT2D eigenvalue weighted by molar-refractivity contribution is 0.341. The molecule has 0 fully saturated rings. The third kappa shape index (κ3) is 3.35. The number of para-hydroxylation sites is 1. The number of nitrogens with zero attached hydrogens (tertiary/aromatic N) is 2. The lowest BCUT2D eigenvalue weighted by Crippen LogP contribution is -2.19. The van der Waals surface area contributed by atoms with E-state index in [1.807, 2.05) is 31.2 Å². The largest absolute Gasteiger partial charge is 0.493 e. The zero-order valence-electron chi connectivity index (χ0n) is 12.2. The van der Waals surface area contributed by atoms with Crippen LogP contribution in [0.4, 0.5) is 0 Å². The maximum Gasteiger partial charge on any atom is 0.151 e. The Morgan fingerprint density at radius 3 is 2.70 bits per heavy atom. The Balaban J connectivity index is 2.28. The Morgan fingerprint density at radius 2 is 2.00 bits per heavy atom. The molecular formula is C15H21N3OS. The lowest BCUT2D eigenvalue weighted by atomic mass is 10.2. The Labute approximate surface area is 124 Å². The predicted molar refractivity (Wildman–Crippen MR) is 83.2 cm³/mol. The first-order chi connectivity index (χ1) is 9.80. The van der Waals surface area contributed by atoms with Crippen LogP contribution in [0.1, 0.15) is 38.2 Å². The van der Waals surface area contributed by atoms with Crippen LogP contribution in [0.3, 0.4) is 0 Å². The molecule has 0 aliphatic heterocycles. The third-order valence-corrected chi connectivity index (χ3v) is 4.09. The minimum absolute atomic E-state index is 0.283. The zero-order chi connectivity index (χ0) is 14.4. The number of aromatic nitrogens is 2. The van der Waals surface area contributed by atoms with Gasteiger partial charge in [-0.3, -0.25) is 0 Å². The molecule has 2 aromatic rings. The summed E-state index contributed by atoms with van der Waals surface area (Å²) in [7, 11) is 0. The summed E-state index contributed by atoms with van der Waals surface area (Å²) in [5, 5.41) is 14.0.